The number of carbonyl (C=O) groups excluding carboxylic acids is 1. The SMILES string of the molecule is CC(=O)/C=C(/C)O.CC(C)Cc1ccc2c(-c3[c-]c4cc(-c5ccccc5)oc4c(C(C)C)c3)nccc2c1.[Ir]. The summed E-state index contributed by atoms with van der Waals surface area (Å²) in [6.07, 6.45) is 4.16. The molecule has 0 amide bonds. The van der Waals surface area contributed by atoms with Gasteiger partial charge in [0.1, 0.15) is 0 Å². The van der Waals surface area contributed by atoms with Gasteiger partial charge in [-0.15, -0.1) is 12.1 Å². The van der Waals surface area contributed by atoms with Crippen molar-refractivity contribution in [2.45, 2.75) is 53.9 Å². The summed E-state index contributed by atoms with van der Waals surface area (Å²) in [5, 5.41) is 11.8. The molecule has 0 saturated heterocycles. The molecule has 0 aliphatic heterocycles. The zero-order valence-corrected chi connectivity index (χ0v) is 26.3. The van der Waals surface area contributed by atoms with E-state index in [1.165, 1.54) is 36.4 Å². The summed E-state index contributed by atoms with van der Waals surface area (Å²) in [4.78, 5) is 14.8. The third-order valence-electron chi connectivity index (χ3n) is 6.38. The topological polar surface area (TPSA) is 63.3 Å². The molecule has 209 valence electrons. The van der Waals surface area contributed by atoms with E-state index in [0.717, 1.165) is 45.4 Å². The third kappa shape index (κ3) is 7.56. The molecule has 4 nitrogen and oxygen atoms in total. The fourth-order valence-electron chi connectivity index (χ4n) is 4.74. The summed E-state index contributed by atoms with van der Waals surface area (Å²) in [6.45, 7) is 11.8. The minimum absolute atomic E-state index is 0. The molecule has 5 aromatic rings. The second-order valence-corrected chi connectivity index (χ2v) is 10.7. The maximum Gasteiger partial charge on any atom is 0.155 e. The predicted octanol–water partition coefficient (Wildman–Crippen LogP) is 9.47. The van der Waals surface area contributed by atoms with Gasteiger partial charge in [-0.1, -0.05) is 98.8 Å². The summed E-state index contributed by atoms with van der Waals surface area (Å²) in [5.41, 5.74) is 6.55. The second-order valence-electron chi connectivity index (χ2n) is 10.7. The Morgan fingerprint density at radius 1 is 1.00 bits per heavy atom. The average Bonchev–Trinajstić information content (AvgIpc) is 3.31. The summed E-state index contributed by atoms with van der Waals surface area (Å²) >= 11 is 0. The molecule has 0 spiro atoms. The number of hydrogen-bond acceptors (Lipinski definition) is 4. The van der Waals surface area contributed by atoms with Gasteiger partial charge in [0.05, 0.1) is 17.1 Å². The smallest absolute Gasteiger partial charge is 0.155 e. The number of nitrogens with zero attached hydrogens (tertiary/aromatic N) is 1. The van der Waals surface area contributed by atoms with E-state index >= 15 is 0 Å². The van der Waals surface area contributed by atoms with Crippen LogP contribution in [-0.4, -0.2) is 15.9 Å². The zero-order chi connectivity index (χ0) is 28.1. The molecule has 0 aliphatic rings. The molecule has 0 fully saturated rings. The molecule has 5 rings (SSSR count). The number of carbonyl (C=O) groups is 1. The summed E-state index contributed by atoms with van der Waals surface area (Å²) in [5.74, 6) is 1.78. The molecule has 2 heterocycles. The van der Waals surface area contributed by atoms with Crippen molar-refractivity contribution in [1.29, 1.82) is 0 Å². The van der Waals surface area contributed by atoms with Crippen molar-refractivity contribution in [2.24, 2.45) is 5.92 Å². The van der Waals surface area contributed by atoms with E-state index < -0.39 is 0 Å². The monoisotopic (exact) mass is 711 g/mol. The standard InChI is InChI=1S/C30H28NO.C5H8O2.Ir/c1-19(2)14-21-10-11-26-23(15-21)12-13-31-29(26)24-16-25-18-28(22-8-6-5-7-9-22)32-30(25)27(17-24)20(3)4;1-4(6)3-5(2)7;/h5-13,15,17-20H,14H2,1-4H3;3,6H,1-2H3;/q-1;;/b;4-3-;. The van der Waals surface area contributed by atoms with E-state index in [-0.39, 0.29) is 31.6 Å². The Kier molecular flexibility index (Phi) is 10.6. The summed E-state index contributed by atoms with van der Waals surface area (Å²) in [6, 6.07) is 27.0. The van der Waals surface area contributed by atoms with Crippen LogP contribution in [0.25, 0.3) is 44.3 Å². The number of furan rings is 1. The van der Waals surface area contributed by atoms with Gasteiger partial charge in [-0.3, -0.25) is 9.78 Å². The Labute approximate surface area is 250 Å². The van der Waals surface area contributed by atoms with Crippen LogP contribution < -0.4 is 0 Å². The molecule has 40 heavy (non-hydrogen) atoms. The molecule has 1 N–H and O–H groups in total. The van der Waals surface area contributed by atoms with Crippen LogP contribution in [-0.2, 0) is 31.3 Å². The first-order valence-electron chi connectivity index (χ1n) is 13.4. The van der Waals surface area contributed by atoms with Gasteiger partial charge < -0.3 is 9.52 Å². The van der Waals surface area contributed by atoms with Crippen molar-refractivity contribution in [2.75, 3.05) is 0 Å². The quantitative estimate of drug-likeness (QED) is 0.108. The molecular formula is C35H36IrNO3-. The molecule has 0 bridgehead atoms. The van der Waals surface area contributed by atoms with Crippen LogP contribution in [0.1, 0.15) is 58.6 Å². The van der Waals surface area contributed by atoms with E-state index in [4.69, 9.17) is 14.5 Å². The molecule has 1 radical (unpaired) electrons. The number of ketones is 1. The third-order valence-corrected chi connectivity index (χ3v) is 6.38. The Balaban J connectivity index is 0.000000492. The summed E-state index contributed by atoms with van der Waals surface area (Å²) in [7, 11) is 0. The first-order chi connectivity index (χ1) is 18.6. The van der Waals surface area contributed by atoms with Gasteiger partial charge >= 0.3 is 0 Å². The predicted molar refractivity (Wildman–Crippen MR) is 161 cm³/mol. The second kappa shape index (κ2) is 13.7. The van der Waals surface area contributed by atoms with Gasteiger partial charge in [-0.2, -0.15) is 0 Å². The van der Waals surface area contributed by atoms with Crippen LogP contribution in [0.4, 0.5) is 0 Å². The van der Waals surface area contributed by atoms with Crippen molar-refractivity contribution >= 4 is 27.5 Å². The fraction of sp³-hybridized carbons (Fsp3) is 0.257. The number of aliphatic hydroxyl groups excluding tert-OH is 1. The van der Waals surface area contributed by atoms with Crippen molar-refractivity contribution in [3.8, 4) is 22.6 Å². The number of aromatic nitrogens is 1. The van der Waals surface area contributed by atoms with Crippen LogP contribution in [0, 0.1) is 12.0 Å². The van der Waals surface area contributed by atoms with Crippen LogP contribution >= 0.6 is 0 Å². The first kappa shape index (κ1) is 31.0. The first-order valence-corrected chi connectivity index (χ1v) is 13.4. The van der Waals surface area contributed by atoms with E-state index in [9.17, 15) is 4.79 Å². The number of rotatable bonds is 6. The molecule has 0 unspecified atom stereocenters. The normalized spacial score (nSPS) is 11.4. The molecule has 2 aromatic heterocycles. The molecule has 0 saturated carbocycles. The maximum atomic E-state index is 10.0. The van der Waals surface area contributed by atoms with Gasteiger partial charge in [-0.05, 0) is 54.5 Å². The van der Waals surface area contributed by atoms with Crippen molar-refractivity contribution in [1.82, 2.24) is 4.98 Å². The molecular weight excluding hydrogens is 675 g/mol. The Bertz CT molecular complexity index is 1630. The van der Waals surface area contributed by atoms with Crippen LogP contribution in [0.3, 0.4) is 0 Å². The van der Waals surface area contributed by atoms with Gasteiger partial charge in [0.25, 0.3) is 0 Å². The van der Waals surface area contributed by atoms with Crippen molar-refractivity contribution < 1.29 is 34.4 Å². The van der Waals surface area contributed by atoms with Gasteiger partial charge in [-0.25, -0.2) is 0 Å². The Morgan fingerprint density at radius 3 is 2.33 bits per heavy atom. The molecule has 3 aromatic carbocycles. The van der Waals surface area contributed by atoms with Crippen LogP contribution in [0.15, 0.2) is 89.2 Å². The van der Waals surface area contributed by atoms with Gasteiger partial charge in [0.2, 0.25) is 0 Å². The van der Waals surface area contributed by atoms with Gasteiger partial charge in [0, 0.05) is 43.6 Å². The number of hydrogen-bond donors (Lipinski definition) is 1. The van der Waals surface area contributed by atoms with Gasteiger partial charge in [0.15, 0.2) is 5.78 Å². The van der Waals surface area contributed by atoms with E-state index in [1.54, 1.807) is 0 Å². The number of aliphatic hydroxyl groups is 1. The van der Waals surface area contributed by atoms with E-state index in [2.05, 4.69) is 82.3 Å². The van der Waals surface area contributed by atoms with Crippen LogP contribution in [0.5, 0.6) is 0 Å². The van der Waals surface area contributed by atoms with E-state index in [1.807, 2.05) is 24.4 Å². The largest absolute Gasteiger partial charge is 0.512 e. The molecule has 0 aliphatic carbocycles. The Morgan fingerprint density at radius 2 is 1.73 bits per heavy atom. The number of pyridine rings is 1. The fourth-order valence-corrected chi connectivity index (χ4v) is 4.74. The summed E-state index contributed by atoms with van der Waals surface area (Å²) < 4.78 is 6.33. The minimum atomic E-state index is -0.125. The number of benzene rings is 3. The van der Waals surface area contributed by atoms with E-state index in [0.29, 0.717) is 11.8 Å². The maximum absolute atomic E-state index is 10.0. The Hall–Kier alpha value is -3.53. The molecule has 5 heteroatoms. The number of allylic oxidation sites excluding steroid dienone is 2. The number of fused-ring (bicyclic) bond motifs is 2. The minimum Gasteiger partial charge on any atom is -0.512 e. The van der Waals surface area contributed by atoms with Crippen molar-refractivity contribution in [3.63, 3.8) is 0 Å². The van der Waals surface area contributed by atoms with Crippen molar-refractivity contribution in [3.05, 3.63) is 102 Å². The zero-order valence-electron chi connectivity index (χ0n) is 23.9. The molecule has 0 atom stereocenters. The average molecular weight is 711 g/mol. The van der Waals surface area contributed by atoms with Crippen LogP contribution in [0.2, 0.25) is 0 Å².